The zero-order chi connectivity index (χ0) is 17.2. The number of hydrogen-bond donors (Lipinski definition) is 1. The molecule has 2 aliphatic heterocycles. The first-order chi connectivity index (χ1) is 12.2. The number of morpholine rings is 1. The van der Waals surface area contributed by atoms with Crippen LogP contribution in [0.2, 0.25) is 0 Å². The molecule has 0 aliphatic carbocycles. The van der Waals surface area contributed by atoms with Crippen molar-refractivity contribution in [3.63, 3.8) is 0 Å². The molecule has 6 heteroatoms. The van der Waals surface area contributed by atoms with Crippen molar-refractivity contribution in [3.05, 3.63) is 59.1 Å². The summed E-state index contributed by atoms with van der Waals surface area (Å²) in [5, 5.41) is 10.3. The Morgan fingerprint density at radius 2 is 1.92 bits per heavy atom. The third kappa shape index (κ3) is 3.14. The van der Waals surface area contributed by atoms with Crippen molar-refractivity contribution in [2.24, 2.45) is 0 Å². The molecule has 0 spiro atoms. The van der Waals surface area contributed by atoms with Gasteiger partial charge in [0.2, 0.25) is 5.78 Å². The summed E-state index contributed by atoms with van der Waals surface area (Å²) < 4.78 is 11.2. The first-order valence-corrected chi connectivity index (χ1v) is 8.21. The molecule has 0 amide bonds. The van der Waals surface area contributed by atoms with Crippen molar-refractivity contribution in [1.82, 2.24) is 9.88 Å². The Bertz CT molecular complexity index is 827. The van der Waals surface area contributed by atoms with Crippen LogP contribution in [0.25, 0.3) is 6.08 Å². The largest absolute Gasteiger partial charge is 0.507 e. The minimum Gasteiger partial charge on any atom is -0.507 e. The maximum Gasteiger partial charge on any atom is 0.231 e. The highest BCUT2D eigenvalue weighted by Gasteiger charge is 2.31. The fourth-order valence-electron chi connectivity index (χ4n) is 3.04. The van der Waals surface area contributed by atoms with E-state index in [0.29, 0.717) is 36.6 Å². The van der Waals surface area contributed by atoms with Gasteiger partial charge in [-0.15, -0.1) is 0 Å². The van der Waals surface area contributed by atoms with Crippen LogP contribution in [0.3, 0.4) is 0 Å². The second-order valence-corrected chi connectivity index (χ2v) is 6.05. The number of ether oxygens (including phenoxy) is 2. The number of hydrogen-bond acceptors (Lipinski definition) is 6. The molecular formula is C19H18N2O4. The highest BCUT2D eigenvalue weighted by Crippen LogP contribution is 2.40. The van der Waals surface area contributed by atoms with Crippen molar-refractivity contribution >= 4 is 11.9 Å². The number of aromatic nitrogens is 1. The molecule has 1 fully saturated rings. The summed E-state index contributed by atoms with van der Waals surface area (Å²) in [6.07, 6.45) is 5.02. The Morgan fingerprint density at radius 1 is 1.16 bits per heavy atom. The zero-order valence-electron chi connectivity index (χ0n) is 13.6. The summed E-state index contributed by atoms with van der Waals surface area (Å²) in [6, 6.07) is 6.78. The monoisotopic (exact) mass is 338 g/mol. The molecule has 25 heavy (non-hydrogen) atoms. The summed E-state index contributed by atoms with van der Waals surface area (Å²) in [4.78, 5) is 18.8. The van der Waals surface area contributed by atoms with Crippen LogP contribution in [-0.2, 0) is 11.3 Å². The lowest BCUT2D eigenvalue weighted by molar-refractivity contribution is 0.0336. The molecule has 1 aromatic heterocycles. The van der Waals surface area contributed by atoms with Gasteiger partial charge in [-0.2, -0.15) is 0 Å². The lowest BCUT2D eigenvalue weighted by Crippen LogP contribution is -2.35. The molecule has 2 aromatic rings. The number of phenols is 1. The molecule has 2 aliphatic rings. The molecule has 0 atom stereocenters. The number of ketones is 1. The quantitative estimate of drug-likeness (QED) is 0.866. The van der Waals surface area contributed by atoms with Crippen LogP contribution in [0.1, 0.15) is 21.5 Å². The summed E-state index contributed by atoms with van der Waals surface area (Å²) in [5.74, 6) is 0.685. The second kappa shape index (κ2) is 6.66. The average Bonchev–Trinajstić information content (AvgIpc) is 2.95. The van der Waals surface area contributed by atoms with Crippen molar-refractivity contribution in [2.75, 3.05) is 26.3 Å². The van der Waals surface area contributed by atoms with Crippen LogP contribution in [0.5, 0.6) is 11.5 Å². The number of allylic oxidation sites excluding steroid dienone is 1. The Balaban J connectivity index is 1.66. The molecule has 0 radical (unpaired) electrons. The summed E-state index contributed by atoms with van der Waals surface area (Å²) >= 11 is 0. The Kier molecular flexibility index (Phi) is 4.21. The molecule has 1 aromatic carbocycles. The predicted molar refractivity (Wildman–Crippen MR) is 91.4 cm³/mol. The molecule has 4 rings (SSSR count). The molecule has 6 nitrogen and oxygen atoms in total. The number of carbonyl (C=O) groups excluding carboxylic acids is 1. The van der Waals surface area contributed by atoms with E-state index in [1.165, 1.54) is 0 Å². The van der Waals surface area contributed by atoms with Crippen LogP contribution >= 0.6 is 0 Å². The molecule has 0 saturated carbocycles. The minimum atomic E-state index is -0.171. The summed E-state index contributed by atoms with van der Waals surface area (Å²) in [6.45, 7) is 3.44. The standard InChI is InChI=1S/C19H18N2O4/c22-16-2-1-14-18(23)17(11-13-3-5-20-6-4-13)25-19(14)15(16)12-21-7-9-24-10-8-21/h1-6,11,22H,7-10,12H2/b17-11-. The number of fused-ring (bicyclic) bond motifs is 1. The highest BCUT2D eigenvalue weighted by atomic mass is 16.5. The van der Waals surface area contributed by atoms with Gasteiger partial charge in [0.15, 0.2) is 5.76 Å². The van der Waals surface area contributed by atoms with Crippen molar-refractivity contribution in [2.45, 2.75) is 6.54 Å². The lowest BCUT2D eigenvalue weighted by Gasteiger charge is -2.27. The van der Waals surface area contributed by atoms with Gasteiger partial charge in [0.1, 0.15) is 11.5 Å². The Hall–Kier alpha value is -2.70. The van der Waals surface area contributed by atoms with Gasteiger partial charge in [0, 0.05) is 32.0 Å². The Morgan fingerprint density at radius 3 is 2.68 bits per heavy atom. The third-order valence-corrected chi connectivity index (χ3v) is 4.41. The molecular weight excluding hydrogens is 320 g/mol. The van der Waals surface area contributed by atoms with E-state index < -0.39 is 0 Å². The minimum absolute atomic E-state index is 0.142. The van der Waals surface area contributed by atoms with Gasteiger partial charge in [-0.25, -0.2) is 0 Å². The molecule has 0 unspecified atom stereocenters. The molecule has 128 valence electrons. The zero-order valence-corrected chi connectivity index (χ0v) is 13.6. The fraction of sp³-hybridized carbons (Fsp3) is 0.263. The number of Topliss-reactive ketones (excluding diaryl/α,β-unsaturated/α-hetero) is 1. The van der Waals surface area contributed by atoms with E-state index in [2.05, 4.69) is 9.88 Å². The van der Waals surface area contributed by atoms with Crippen molar-refractivity contribution < 1.29 is 19.4 Å². The van der Waals surface area contributed by atoms with Gasteiger partial charge in [-0.3, -0.25) is 14.7 Å². The smallest absolute Gasteiger partial charge is 0.231 e. The van der Waals surface area contributed by atoms with Gasteiger partial charge < -0.3 is 14.6 Å². The van der Waals surface area contributed by atoms with Gasteiger partial charge in [-0.05, 0) is 35.9 Å². The number of phenolic OH excluding ortho intramolecular Hbond substituents is 1. The van der Waals surface area contributed by atoms with E-state index in [-0.39, 0.29) is 17.3 Å². The van der Waals surface area contributed by atoms with Crippen LogP contribution in [0.15, 0.2) is 42.4 Å². The molecule has 1 saturated heterocycles. The fourth-order valence-corrected chi connectivity index (χ4v) is 3.04. The number of carbonyl (C=O) groups is 1. The van der Waals surface area contributed by atoms with Crippen LogP contribution < -0.4 is 4.74 Å². The van der Waals surface area contributed by atoms with E-state index in [1.807, 2.05) is 0 Å². The number of benzene rings is 1. The normalized spacial score (nSPS) is 19.0. The van der Waals surface area contributed by atoms with E-state index in [4.69, 9.17) is 9.47 Å². The molecule has 1 N–H and O–H groups in total. The topological polar surface area (TPSA) is 71.9 Å². The summed E-state index contributed by atoms with van der Waals surface area (Å²) in [7, 11) is 0. The van der Waals surface area contributed by atoms with Gasteiger partial charge in [0.05, 0.1) is 24.3 Å². The second-order valence-electron chi connectivity index (χ2n) is 6.05. The first kappa shape index (κ1) is 15.8. The van der Waals surface area contributed by atoms with E-state index in [0.717, 1.165) is 18.7 Å². The third-order valence-electron chi connectivity index (χ3n) is 4.41. The maximum absolute atomic E-state index is 12.6. The highest BCUT2D eigenvalue weighted by molar-refractivity contribution is 6.14. The molecule has 0 bridgehead atoms. The van der Waals surface area contributed by atoms with Crippen molar-refractivity contribution in [1.29, 1.82) is 0 Å². The van der Waals surface area contributed by atoms with Gasteiger partial charge in [-0.1, -0.05) is 0 Å². The van der Waals surface area contributed by atoms with Gasteiger partial charge in [0.25, 0.3) is 0 Å². The van der Waals surface area contributed by atoms with Crippen LogP contribution in [0.4, 0.5) is 0 Å². The first-order valence-electron chi connectivity index (χ1n) is 8.21. The SMILES string of the molecule is O=C1/C(=C/c2ccncc2)Oc2c1ccc(O)c2CN1CCOCC1. The molecule has 3 heterocycles. The predicted octanol–water partition coefficient (Wildman–Crippen LogP) is 2.24. The number of rotatable bonds is 3. The van der Waals surface area contributed by atoms with E-state index in [9.17, 15) is 9.90 Å². The number of pyridine rings is 1. The average molecular weight is 338 g/mol. The van der Waals surface area contributed by atoms with E-state index in [1.54, 1.807) is 42.7 Å². The Labute approximate surface area is 145 Å². The number of nitrogens with zero attached hydrogens (tertiary/aromatic N) is 2. The summed E-state index contributed by atoms with van der Waals surface area (Å²) in [5.41, 5.74) is 1.97. The van der Waals surface area contributed by atoms with Crippen LogP contribution in [-0.4, -0.2) is 47.1 Å². The van der Waals surface area contributed by atoms with Crippen LogP contribution in [0, 0.1) is 0 Å². The van der Waals surface area contributed by atoms with Crippen molar-refractivity contribution in [3.8, 4) is 11.5 Å². The van der Waals surface area contributed by atoms with Gasteiger partial charge >= 0.3 is 0 Å². The maximum atomic E-state index is 12.6. The van der Waals surface area contributed by atoms with E-state index >= 15 is 0 Å². The number of aromatic hydroxyl groups is 1. The lowest BCUT2D eigenvalue weighted by atomic mass is 10.0.